The van der Waals surface area contributed by atoms with E-state index in [4.69, 9.17) is 0 Å². The van der Waals surface area contributed by atoms with Gasteiger partial charge in [0.25, 0.3) is 0 Å². The van der Waals surface area contributed by atoms with Crippen LogP contribution in [0.3, 0.4) is 0 Å². The van der Waals surface area contributed by atoms with Gasteiger partial charge in [-0.25, -0.2) is 0 Å². The molecule has 1 aliphatic carbocycles. The van der Waals surface area contributed by atoms with Crippen LogP contribution in [-0.4, -0.2) is 48.8 Å². The molecule has 5 unspecified atom stereocenters. The third-order valence-electron chi connectivity index (χ3n) is 5.53. The molecule has 0 amide bonds. The third-order valence-corrected chi connectivity index (χ3v) is 5.53. The number of rotatable bonds is 4. The topological polar surface area (TPSA) is 35.5 Å². The number of hydrogen-bond donors (Lipinski definition) is 2. The maximum Gasteiger partial charge on any atom is 0.0693 e. The minimum Gasteiger partial charge on any atom is -0.392 e. The first-order valence-electron chi connectivity index (χ1n) is 8.21. The SMILES string of the molecule is CCC1CCC(NC)C(CN2CCC(C)C(O)C2)C1. The normalized spacial score (nSPS) is 41.4. The molecule has 2 fully saturated rings. The van der Waals surface area contributed by atoms with E-state index in [-0.39, 0.29) is 6.10 Å². The standard InChI is InChI=1S/C16H32N2O/c1-4-13-5-6-15(17-3)14(9-13)10-18-8-7-12(2)16(19)11-18/h12-17,19H,4-11H2,1-3H3. The maximum absolute atomic E-state index is 10.0. The second kappa shape index (κ2) is 7.05. The Morgan fingerprint density at radius 2 is 2.05 bits per heavy atom. The summed E-state index contributed by atoms with van der Waals surface area (Å²) in [5.74, 6) is 2.17. The van der Waals surface area contributed by atoms with Crippen molar-refractivity contribution in [1.82, 2.24) is 10.2 Å². The van der Waals surface area contributed by atoms with Gasteiger partial charge in [0.05, 0.1) is 6.10 Å². The van der Waals surface area contributed by atoms with Crippen LogP contribution in [0.1, 0.15) is 46.0 Å². The summed E-state index contributed by atoms with van der Waals surface area (Å²) in [6.45, 7) is 7.72. The molecule has 3 heteroatoms. The highest BCUT2D eigenvalue weighted by atomic mass is 16.3. The molecule has 19 heavy (non-hydrogen) atoms. The van der Waals surface area contributed by atoms with Gasteiger partial charge in [-0.1, -0.05) is 20.3 Å². The highest BCUT2D eigenvalue weighted by Gasteiger charge is 2.32. The van der Waals surface area contributed by atoms with E-state index in [1.54, 1.807) is 0 Å². The molecule has 0 radical (unpaired) electrons. The Kier molecular flexibility index (Phi) is 5.67. The molecule has 3 nitrogen and oxygen atoms in total. The molecule has 0 aromatic rings. The lowest BCUT2D eigenvalue weighted by Gasteiger charge is -2.41. The van der Waals surface area contributed by atoms with Gasteiger partial charge >= 0.3 is 0 Å². The van der Waals surface area contributed by atoms with Crippen molar-refractivity contribution in [2.45, 2.75) is 58.1 Å². The van der Waals surface area contributed by atoms with Gasteiger partial charge in [0.15, 0.2) is 0 Å². The number of β-amino-alcohol motifs (C(OH)–C–C–N with tert-alkyl or cyclic N) is 1. The zero-order valence-electron chi connectivity index (χ0n) is 12.9. The molecule has 0 aromatic carbocycles. The quantitative estimate of drug-likeness (QED) is 0.820. The molecule has 1 saturated heterocycles. The van der Waals surface area contributed by atoms with E-state index in [0.29, 0.717) is 12.0 Å². The zero-order chi connectivity index (χ0) is 13.8. The van der Waals surface area contributed by atoms with Crippen LogP contribution < -0.4 is 5.32 Å². The predicted molar refractivity (Wildman–Crippen MR) is 80.2 cm³/mol. The average molecular weight is 268 g/mol. The van der Waals surface area contributed by atoms with Crippen LogP contribution in [0.5, 0.6) is 0 Å². The Bertz CT molecular complexity index is 271. The highest BCUT2D eigenvalue weighted by Crippen LogP contribution is 2.32. The van der Waals surface area contributed by atoms with Crippen LogP contribution in [-0.2, 0) is 0 Å². The summed E-state index contributed by atoms with van der Waals surface area (Å²) in [5, 5.41) is 13.6. The third kappa shape index (κ3) is 3.93. The molecular weight excluding hydrogens is 236 g/mol. The molecule has 2 rings (SSSR count). The second-order valence-corrected chi connectivity index (χ2v) is 6.84. The second-order valence-electron chi connectivity index (χ2n) is 6.84. The van der Waals surface area contributed by atoms with Crippen molar-refractivity contribution in [3.63, 3.8) is 0 Å². The van der Waals surface area contributed by atoms with Gasteiger partial charge in [-0.15, -0.1) is 0 Å². The summed E-state index contributed by atoms with van der Waals surface area (Å²) in [7, 11) is 2.11. The van der Waals surface area contributed by atoms with Crippen LogP contribution in [0.25, 0.3) is 0 Å². The van der Waals surface area contributed by atoms with Crippen LogP contribution >= 0.6 is 0 Å². The molecule has 2 N–H and O–H groups in total. The van der Waals surface area contributed by atoms with E-state index in [0.717, 1.165) is 24.8 Å². The van der Waals surface area contributed by atoms with Gasteiger partial charge in [-0.3, -0.25) is 0 Å². The summed E-state index contributed by atoms with van der Waals surface area (Å²) in [5.41, 5.74) is 0. The summed E-state index contributed by atoms with van der Waals surface area (Å²) < 4.78 is 0. The Morgan fingerprint density at radius 3 is 2.68 bits per heavy atom. The Balaban J connectivity index is 1.88. The fourth-order valence-electron chi connectivity index (χ4n) is 3.93. The number of hydrogen-bond acceptors (Lipinski definition) is 3. The van der Waals surface area contributed by atoms with Crippen LogP contribution in [0.2, 0.25) is 0 Å². The van der Waals surface area contributed by atoms with Crippen molar-refractivity contribution in [2.75, 3.05) is 26.7 Å². The number of piperidine rings is 1. The smallest absolute Gasteiger partial charge is 0.0693 e. The number of aliphatic hydroxyl groups is 1. The van der Waals surface area contributed by atoms with Crippen LogP contribution in [0, 0.1) is 17.8 Å². The van der Waals surface area contributed by atoms with Crippen molar-refractivity contribution in [3.05, 3.63) is 0 Å². The van der Waals surface area contributed by atoms with E-state index in [9.17, 15) is 5.11 Å². The first-order valence-corrected chi connectivity index (χ1v) is 8.21. The minimum absolute atomic E-state index is 0.118. The molecule has 1 aliphatic heterocycles. The van der Waals surface area contributed by atoms with Crippen LogP contribution in [0.4, 0.5) is 0 Å². The molecule has 0 bridgehead atoms. The van der Waals surface area contributed by atoms with Gasteiger partial charge in [0.1, 0.15) is 0 Å². The molecule has 0 spiro atoms. The van der Waals surface area contributed by atoms with Gasteiger partial charge < -0.3 is 15.3 Å². The van der Waals surface area contributed by atoms with E-state index in [1.807, 2.05) is 0 Å². The summed E-state index contributed by atoms with van der Waals surface area (Å²) >= 11 is 0. The van der Waals surface area contributed by atoms with Gasteiger partial charge in [-0.05, 0) is 57.0 Å². The van der Waals surface area contributed by atoms with E-state index in [2.05, 4.69) is 31.1 Å². The first kappa shape index (κ1) is 15.3. The van der Waals surface area contributed by atoms with Crippen LogP contribution in [0.15, 0.2) is 0 Å². The van der Waals surface area contributed by atoms with Gasteiger partial charge in [-0.2, -0.15) is 0 Å². The molecule has 1 saturated carbocycles. The van der Waals surface area contributed by atoms with Crippen molar-refractivity contribution < 1.29 is 5.11 Å². The van der Waals surface area contributed by atoms with Crippen molar-refractivity contribution in [3.8, 4) is 0 Å². The van der Waals surface area contributed by atoms with Gasteiger partial charge in [0.2, 0.25) is 0 Å². The number of likely N-dealkylation sites (tertiary alicyclic amines) is 1. The van der Waals surface area contributed by atoms with E-state index >= 15 is 0 Å². The monoisotopic (exact) mass is 268 g/mol. The fourth-order valence-corrected chi connectivity index (χ4v) is 3.93. The average Bonchev–Trinajstić information content (AvgIpc) is 2.43. The van der Waals surface area contributed by atoms with Gasteiger partial charge in [0, 0.05) is 19.1 Å². The highest BCUT2D eigenvalue weighted by molar-refractivity contribution is 4.87. The molecular formula is C16H32N2O. The Labute approximate surface area is 118 Å². The molecule has 5 atom stereocenters. The zero-order valence-corrected chi connectivity index (χ0v) is 12.9. The maximum atomic E-state index is 10.0. The molecule has 112 valence electrons. The van der Waals surface area contributed by atoms with Crippen molar-refractivity contribution in [1.29, 1.82) is 0 Å². The summed E-state index contributed by atoms with van der Waals surface area (Å²) in [4.78, 5) is 2.50. The number of aliphatic hydroxyl groups excluding tert-OH is 1. The Hall–Kier alpha value is -0.120. The predicted octanol–water partition coefficient (Wildman–Crippen LogP) is 2.10. The Morgan fingerprint density at radius 1 is 1.26 bits per heavy atom. The van der Waals surface area contributed by atoms with E-state index < -0.39 is 0 Å². The molecule has 2 aliphatic rings. The summed E-state index contributed by atoms with van der Waals surface area (Å²) in [6.07, 6.45) is 6.43. The van der Waals surface area contributed by atoms with Crippen molar-refractivity contribution >= 4 is 0 Å². The molecule has 0 aromatic heterocycles. The van der Waals surface area contributed by atoms with Crippen molar-refractivity contribution in [2.24, 2.45) is 17.8 Å². The lowest BCUT2D eigenvalue weighted by atomic mass is 9.76. The number of nitrogens with one attached hydrogen (secondary N) is 1. The largest absolute Gasteiger partial charge is 0.392 e. The fraction of sp³-hybridized carbons (Fsp3) is 1.00. The lowest BCUT2D eigenvalue weighted by Crippen LogP contribution is -2.49. The summed E-state index contributed by atoms with van der Waals surface area (Å²) in [6, 6.07) is 0.680. The molecule has 1 heterocycles. The lowest BCUT2D eigenvalue weighted by molar-refractivity contribution is 0.0150. The minimum atomic E-state index is -0.118. The first-order chi connectivity index (χ1) is 9.13. The van der Waals surface area contributed by atoms with E-state index in [1.165, 1.54) is 38.8 Å². The number of nitrogens with zero attached hydrogens (tertiary/aromatic N) is 1.